The van der Waals surface area contributed by atoms with E-state index in [4.69, 9.17) is 9.62 Å². The summed E-state index contributed by atoms with van der Waals surface area (Å²) in [6, 6.07) is 14.5. The smallest absolute Gasteiger partial charge is 0.416 e. The molecule has 0 fully saturated rings. The predicted molar refractivity (Wildman–Crippen MR) is 118 cm³/mol. The quantitative estimate of drug-likeness (QED) is 0.366. The van der Waals surface area contributed by atoms with Gasteiger partial charge in [-0.3, -0.25) is 0 Å². The first-order chi connectivity index (χ1) is 15.8. The monoisotopic (exact) mass is 459 g/mol. The molecule has 174 valence electrons. The maximum atomic E-state index is 13.2. The third-order valence-electron chi connectivity index (χ3n) is 5.36. The van der Waals surface area contributed by atoms with Gasteiger partial charge in [0.2, 0.25) is 0 Å². The average Bonchev–Trinajstić information content (AvgIpc) is 2.80. The van der Waals surface area contributed by atoms with Gasteiger partial charge in [0.05, 0.1) is 25.3 Å². The summed E-state index contributed by atoms with van der Waals surface area (Å²) in [7, 11) is 1.44. The van der Waals surface area contributed by atoms with E-state index in [2.05, 4.69) is 15.2 Å². The highest BCUT2D eigenvalue weighted by molar-refractivity contribution is 5.74. The molecule has 0 aliphatic carbocycles. The number of rotatable bonds is 7. The van der Waals surface area contributed by atoms with Gasteiger partial charge in [-0.25, -0.2) is 4.98 Å². The molecule has 1 unspecified atom stereocenters. The Morgan fingerprint density at radius 1 is 1.15 bits per heavy atom. The zero-order valence-electron chi connectivity index (χ0n) is 18.2. The largest absolute Gasteiger partial charge is 0.489 e. The number of nitrogens with zero attached hydrogens (tertiary/aromatic N) is 2. The Hall–Kier alpha value is -3.46. The van der Waals surface area contributed by atoms with E-state index in [1.807, 2.05) is 24.0 Å². The van der Waals surface area contributed by atoms with Crippen molar-refractivity contribution < 1.29 is 27.7 Å². The summed E-state index contributed by atoms with van der Waals surface area (Å²) < 4.78 is 45.3. The Balaban J connectivity index is 1.57. The summed E-state index contributed by atoms with van der Waals surface area (Å²) in [4.78, 5) is 16.2. The molecule has 9 heteroatoms. The van der Waals surface area contributed by atoms with Crippen LogP contribution in [0.3, 0.4) is 0 Å². The molecule has 3 aromatic rings. The lowest BCUT2D eigenvalue weighted by Gasteiger charge is -2.33. The zero-order valence-corrected chi connectivity index (χ0v) is 18.2. The summed E-state index contributed by atoms with van der Waals surface area (Å²) in [6.45, 7) is 3.26. The highest BCUT2D eigenvalue weighted by Crippen LogP contribution is 2.39. The van der Waals surface area contributed by atoms with E-state index < -0.39 is 11.7 Å². The molecular weight excluding hydrogens is 435 g/mol. The number of fused-ring (bicyclic) bond motifs is 1. The summed E-state index contributed by atoms with van der Waals surface area (Å²) in [5, 5.41) is 3.40. The predicted octanol–water partition coefficient (Wildman–Crippen LogP) is 5.61. The topological polar surface area (TPSA) is 55.9 Å². The molecule has 0 bridgehead atoms. The summed E-state index contributed by atoms with van der Waals surface area (Å²) in [6.07, 6.45) is -2.73. The van der Waals surface area contributed by atoms with Crippen LogP contribution in [-0.4, -0.2) is 25.2 Å². The molecule has 1 aliphatic rings. The second-order valence-corrected chi connectivity index (χ2v) is 7.66. The lowest BCUT2D eigenvalue weighted by atomic mass is 10.1. The van der Waals surface area contributed by atoms with Crippen molar-refractivity contribution >= 4 is 11.5 Å². The molecule has 6 nitrogen and oxygen atoms in total. The van der Waals surface area contributed by atoms with Gasteiger partial charge in [-0.15, -0.1) is 0 Å². The van der Waals surface area contributed by atoms with E-state index in [0.29, 0.717) is 42.6 Å². The van der Waals surface area contributed by atoms with Gasteiger partial charge < -0.3 is 19.8 Å². The maximum Gasteiger partial charge on any atom is 0.416 e. The molecule has 0 saturated heterocycles. The van der Waals surface area contributed by atoms with Crippen molar-refractivity contribution in [2.45, 2.75) is 25.7 Å². The van der Waals surface area contributed by atoms with E-state index in [9.17, 15) is 13.2 Å². The van der Waals surface area contributed by atoms with Crippen LogP contribution >= 0.6 is 0 Å². The van der Waals surface area contributed by atoms with Gasteiger partial charge in [-0.05, 0) is 42.3 Å². The van der Waals surface area contributed by atoms with E-state index >= 15 is 0 Å². The van der Waals surface area contributed by atoms with Gasteiger partial charge in [-0.2, -0.15) is 18.1 Å². The van der Waals surface area contributed by atoms with Crippen LogP contribution < -0.4 is 19.8 Å². The van der Waals surface area contributed by atoms with Crippen LogP contribution in [-0.2, 0) is 17.6 Å². The number of hydrogen-bond donors (Lipinski definition) is 1. The molecule has 1 aromatic heterocycles. The fourth-order valence-electron chi connectivity index (χ4n) is 3.76. The van der Waals surface area contributed by atoms with Crippen molar-refractivity contribution in [2.24, 2.45) is 0 Å². The average molecular weight is 459 g/mol. The standard InChI is InChI=1S/C24H24F3N3O3/c1-16(18-6-8-20(9-7-18)33-31-2)29-23-22-21(10-11-28-23)32-13-12-30(22)15-17-4-3-5-19(14-17)24(25,26)27/h3-11,14,16H,12-13,15H2,1-2H3,(H,28,29). The number of alkyl halides is 3. The molecule has 0 amide bonds. The summed E-state index contributed by atoms with van der Waals surface area (Å²) in [5.41, 5.74) is 1.63. The number of benzene rings is 2. The molecule has 0 radical (unpaired) electrons. The van der Waals surface area contributed by atoms with Gasteiger partial charge in [-0.1, -0.05) is 24.3 Å². The van der Waals surface area contributed by atoms with Crippen LogP contribution in [0.2, 0.25) is 0 Å². The van der Waals surface area contributed by atoms with Crippen LogP contribution in [0.15, 0.2) is 60.8 Å². The minimum Gasteiger partial charge on any atom is -0.489 e. The van der Waals surface area contributed by atoms with Gasteiger partial charge >= 0.3 is 6.18 Å². The summed E-state index contributed by atoms with van der Waals surface area (Å²) in [5.74, 6) is 1.83. The van der Waals surface area contributed by atoms with E-state index in [-0.39, 0.29) is 6.04 Å². The Morgan fingerprint density at radius 3 is 2.67 bits per heavy atom. The Kier molecular flexibility index (Phi) is 6.60. The highest BCUT2D eigenvalue weighted by atomic mass is 19.4. The van der Waals surface area contributed by atoms with Gasteiger partial charge in [0.25, 0.3) is 0 Å². The number of ether oxygens (including phenoxy) is 1. The van der Waals surface area contributed by atoms with Crippen molar-refractivity contribution in [3.63, 3.8) is 0 Å². The molecule has 0 spiro atoms. The Bertz CT molecular complexity index is 1090. The van der Waals surface area contributed by atoms with Crippen LogP contribution in [0.25, 0.3) is 0 Å². The molecule has 1 aliphatic heterocycles. The lowest BCUT2D eigenvalue weighted by Crippen LogP contribution is -2.33. The number of anilines is 2. The second-order valence-electron chi connectivity index (χ2n) is 7.66. The van der Waals surface area contributed by atoms with Gasteiger partial charge in [0, 0.05) is 18.8 Å². The third-order valence-corrected chi connectivity index (χ3v) is 5.36. The van der Waals surface area contributed by atoms with Crippen LogP contribution in [0.5, 0.6) is 11.5 Å². The molecule has 4 rings (SSSR count). The first-order valence-electron chi connectivity index (χ1n) is 10.4. The van der Waals surface area contributed by atoms with Crippen molar-refractivity contribution in [1.82, 2.24) is 4.98 Å². The number of nitrogens with one attached hydrogen (secondary N) is 1. The SMILES string of the molecule is COOc1ccc(C(C)Nc2nccc3c2N(Cc2cccc(C(F)(F)F)c2)CCO3)cc1. The van der Waals surface area contributed by atoms with Gasteiger partial charge in [0.1, 0.15) is 18.0 Å². The minimum atomic E-state index is -4.38. The van der Waals surface area contributed by atoms with Crippen LogP contribution in [0, 0.1) is 0 Å². The molecule has 0 saturated carbocycles. The number of pyridine rings is 1. The summed E-state index contributed by atoms with van der Waals surface area (Å²) >= 11 is 0. The van der Waals surface area contributed by atoms with Crippen molar-refractivity contribution in [2.75, 3.05) is 30.5 Å². The fourth-order valence-corrected chi connectivity index (χ4v) is 3.76. The number of hydrogen-bond acceptors (Lipinski definition) is 6. The van der Waals surface area contributed by atoms with E-state index in [1.165, 1.54) is 19.2 Å². The molecule has 2 heterocycles. The second kappa shape index (κ2) is 9.58. The first kappa shape index (κ1) is 22.7. The van der Waals surface area contributed by atoms with Crippen molar-refractivity contribution in [3.8, 4) is 11.5 Å². The van der Waals surface area contributed by atoms with E-state index in [1.54, 1.807) is 30.5 Å². The van der Waals surface area contributed by atoms with Crippen molar-refractivity contribution in [1.29, 1.82) is 0 Å². The molecular formula is C24H24F3N3O3. The zero-order chi connectivity index (χ0) is 23.4. The van der Waals surface area contributed by atoms with E-state index in [0.717, 1.165) is 17.3 Å². The Labute approximate surface area is 189 Å². The lowest BCUT2D eigenvalue weighted by molar-refractivity contribution is -0.178. The van der Waals surface area contributed by atoms with Crippen molar-refractivity contribution in [3.05, 3.63) is 77.5 Å². The molecule has 33 heavy (non-hydrogen) atoms. The number of aromatic nitrogens is 1. The van der Waals surface area contributed by atoms with Crippen LogP contribution in [0.1, 0.15) is 29.7 Å². The fraction of sp³-hybridized carbons (Fsp3) is 0.292. The molecule has 1 atom stereocenters. The minimum absolute atomic E-state index is 0.0991. The number of halogens is 3. The first-order valence-corrected chi connectivity index (χ1v) is 10.4. The molecule has 2 aromatic carbocycles. The van der Waals surface area contributed by atoms with Gasteiger partial charge in [0.15, 0.2) is 11.6 Å². The highest BCUT2D eigenvalue weighted by Gasteiger charge is 2.31. The third kappa shape index (κ3) is 5.31. The van der Waals surface area contributed by atoms with Crippen LogP contribution in [0.4, 0.5) is 24.7 Å². The normalized spacial score (nSPS) is 14.3. The maximum absolute atomic E-state index is 13.2. The molecule has 1 N–H and O–H groups in total. The Morgan fingerprint density at radius 2 is 1.94 bits per heavy atom.